The van der Waals surface area contributed by atoms with E-state index in [4.69, 9.17) is 23.7 Å². The molecule has 4 heteroatoms. The van der Waals surface area contributed by atoms with Crippen LogP contribution >= 0.6 is 12.2 Å². The van der Waals surface area contributed by atoms with Crippen molar-refractivity contribution in [1.82, 2.24) is 0 Å². The third-order valence-corrected chi connectivity index (χ3v) is 2.54. The van der Waals surface area contributed by atoms with Gasteiger partial charge in [0.2, 0.25) is 5.91 Å². The highest BCUT2D eigenvalue weighted by Crippen LogP contribution is 2.40. The molecule has 0 aliphatic heterocycles. The third-order valence-electron chi connectivity index (χ3n) is 2.15. The van der Waals surface area contributed by atoms with Crippen molar-refractivity contribution < 1.29 is 4.79 Å². The summed E-state index contributed by atoms with van der Waals surface area (Å²) in [6, 6.07) is 0. The predicted molar refractivity (Wildman–Crippen MR) is 42.3 cm³/mol. The Morgan fingerprint density at radius 1 is 1.40 bits per heavy atom. The number of thiocarbonyl (C=S) groups is 1. The predicted octanol–water partition coefficient (Wildman–Crippen LogP) is -0.0719. The van der Waals surface area contributed by atoms with Crippen LogP contribution in [0.2, 0.25) is 0 Å². The topological polar surface area (TPSA) is 69.1 Å². The lowest BCUT2D eigenvalue weighted by atomic mass is 9.68. The van der Waals surface area contributed by atoms with Crippen LogP contribution in [0.5, 0.6) is 0 Å². The SMILES string of the molecule is NC(=O)C1(C(N)=S)CCC1. The average molecular weight is 158 g/mol. The van der Waals surface area contributed by atoms with Gasteiger partial charge in [0, 0.05) is 0 Å². The van der Waals surface area contributed by atoms with E-state index >= 15 is 0 Å². The minimum absolute atomic E-state index is 0.256. The molecule has 0 heterocycles. The Morgan fingerprint density at radius 3 is 1.90 bits per heavy atom. The molecule has 3 nitrogen and oxygen atoms in total. The Balaban J connectivity index is 2.78. The molecule has 0 aromatic carbocycles. The molecule has 0 atom stereocenters. The zero-order chi connectivity index (χ0) is 7.78. The van der Waals surface area contributed by atoms with E-state index in [9.17, 15) is 4.79 Å². The van der Waals surface area contributed by atoms with Gasteiger partial charge in [0.05, 0.1) is 10.4 Å². The quantitative estimate of drug-likeness (QED) is 0.553. The third kappa shape index (κ3) is 0.794. The summed E-state index contributed by atoms with van der Waals surface area (Å²) in [4.78, 5) is 11.1. The molecule has 4 N–H and O–H groups in total. The van der Waals surface area contributed by atoms with E-state index in [0.717, 1.165) is 19.3 Å². The van der Waals surface area contributed by atoms with Gasteiger partial charge in [-0.3, -0.25) is 4.79 Å². The van der Waals surface area contributed by atoms with Gasteiger partial charge in [-0.15, -0.1) is 0 Å². The number of carbonyl (C=O) groups excluding carboxylic acids is 1. The summed E-state index contributed by atoms with van der Waals surface area (Å²) < 4.78 is 0. The second-order valence-corrected chi connectivity index (χ2v) is 3.10. The van der Waals surface area contributed by atoms with Gasteiger partial charge in [-0.05, 0) is 12.8 Å². The van der Waals surface area contributed by atoms with Crippen molar-refractivity contribution in [2.45, 2.75) is 19.3 Å². The van der Waals surface area contributed by atoms with Crippen LogP contribution in [0, 0.1) is 5.41 Å². The molecule has 1 aliphatic carbocycles. The van der Waals surface area contributed by atoms with Crippen molar-refractivity contribution >= 4 is 23.1 Å². The molecule has 1 rings (SSSR count). The maximum absolute atomic E-state index is 10.8. The lowest BCUT2D eigenvalue weighted by Gasteiger charge is -2.37. The van der Waals surface area contributed by atoms with Crippen molar-refractivity contribution in [1.29, 1.82) is 0 Å². The summed E-state index contributed by atoms with van der Waals surface area (Å²) in [5, 5.41) is 0. The van der Waals surface area contributed by atoms with Gasteiger partial charge in [0.1, 0.15) is 0 Å². The van der Waals surface area contributed by atoms with Crippen LogP contribution in [0.3, 0.4) is 0 Å². The molecule has 0 bridgehead atoms. The first-order chi connectivity index (χ1) is 4.59. The zero-order valence-electron chi connectivity index (χ0n) is 5.59. The fraction of sp³-hybridized carbons (Fsp3) is 0.667. The molecular formula is C6H10N2OS. The number of rotatable bonds is 2. The van der Waals surface area contributed by atoms with Crippen molar-refractivity contribution in [3.8, 4) is 0 Å². The molecule has 0 aromatic heterocycles. The standard InChI is InChI=1S/C6H10N2OS/c7-4(9)6(5(8)10)2-1-3-6/h1-3H2,(H2,7,9)(H2,8,10). The van der Waals surface area contributed by atoms with Crippen LogP contribution in [0.15, 0.2) is 0 Å². The van der Waals surface area contributed by atoms with Gasteiger partial charge >= 0.3 is 0 Å². The number of primary amides is 1. The maximum Gasteiger partial charge on any atom is 0.230 e. The first-order valence-corrected chi connectivity index (χ1v) is 3.60. The number of hydrogen-bond donors (Lipinski definition) is 2. The fourth-order valence-corrected chi connectivity index (χ4v) is 1.45. The van der Waals surface area contributed by atoms with Crippen molar-refractivity contribution in [3.63, 3.8) is 0 Å². The zero-order valence-corrected chi connectivity index (χ0v) is 6.41. The van der Waals surface area contributed by atoms with Crippen LogP contribution in [0.4, 0.5) is 0 Å². The van der Waals surface area contributed by atoms with E-state index < -0.39 is 5.41 Å². The lowest BCUT2D eigenvalue weighted by Crippen LogP contribution is -2.51. The average Bonchev–Trinajstić information content (AvgIpc) is 1.57. The molecule has 0 spiro atoms. The normalized spacial score (nSPS) is 21.2. The smallest absolute Gasteiger partial charge is 0.230 e. The van der Waals surface area contributed by atoms with Crippen LogP contribution in [-0.4, -0.2) is 10.9 Å². The first kappa shape index (κ1) is 7.47. The highest BCUT2D eigenvalue weighted by Gasteiger charge is 2.45. The molecule has 10 heavy (non-hydrogen) atoms. The molecule has 0 radical (unpaired) electrons. The molecule has 56 valence electrons. The molecule has 0 aromatic rings. The Labute approximate surface area is 64.8 Å². The molecule has 1 saturated carbocycles. The molecule has 1 fully saturated rings. The summed E-state index contributed by atoms with van der Waals surface area (Å²) in [5.41, 5.74) is 9.86. The summed E-state index contributed by atoms with van der Waals surface area (Å²) >= 11 is 4.73. The van der Waals surface area contributed by atoms with Gasteiger partial charge in [-0.2, -0.15) is 0 Å². The Hall–Kier alpha value is -0.640. The summed E-state index contributed by atoms with van der Waals surface area (Å²) in [6.07, 6.45) is 2.47. The van der Waals surface area contributed by atoms with E-state index in [1.165, 1.54) is 0 Å². The van der Waals surface area contributed by atoms with Crippen molar-refractivity contribution in [3.05, 3.63) is 0 Å². The minimum atomic E-state index is -0.630. The summed E-state index contributed by atoms with van der Waals surface area (Å²) in [6.45, 7) is 0. The molecular weight excluding hydrogens is 148 g/mol. The van der Waals surface area contributed by atoms with Crippen LogP contribution in [0.1, 0.15) is 19.3 Å². The van der Waals surface area contributed by atoms with E-state index in [0.29, 0.717) is 0 Å². The lowest BCUT2D eigenvalue weighted by molar-refractivity contribution is -0.127. The fourth-order valence-electron chi connectivity index (χ4n) is 1.14. The van der Waals surface area contributed by atoms with Crippen molar-refractivity contribution in [2.24, 2.45) is 16.9 Å². The highest BCUT2D eigenvalue weighted by atomic mass is 32.1. The first-order valence-electron chi connectivity index (χ1n) is 3.19. The number of nitrogens with two attached hydrogens (primary N) is 2. The molecule has 1 amide bonds. The van der Waals surface area contributed by atoms with Gasteiger partial charge in [0.15, 0.2) is 0 Å². The second-order valence-electron chi connectivity index (χ2n) is 2.66. The van der Waals surface area contributed by atoms with E-state index in [2.05, 4.69) is 0 Å². The Kier molecular flexibility index (Phi) is 1.64. The Bertz CT molecular complexity index is 170. The second kappa shape index (κ2) is 2.20. The number of hydrogen-bond acceptors (Lipinski definition) is 2. The van der Waals surface area contributed by atoms with Crippen molar-refractivity contribution in [2.75, 3.05) is 0 Å². The Morgan fingerprint density at radius 2 is 1.90 bits per heavy atom. The number of amides is 1. The molecule has 0 saturated heterocycles. The van der Waals surface area contributed by atoms with E-state index in [1.807, 2.05) is 0 Å². The van der Waals surface area contributed by atoms with E-state index in [1.54, 1.807) is 0 Å². The summed E-state index contributed by atoms with van der Waals surface area (Å²) in [5.74, 6) is -0.369. The van der Waals surface area contributed by atoms with Crippen LogP contribution in [0.25, 0.3) is 0 Å². The van der Waals surface area contributed by atoms with Crippen LogP contribution < -0.4 is 11.5 Å². The molecule has 1 aliphatic rings. The van der Waals surface area contributed by atoms with Gasteiger partial charge in [-0.25, -0.2) is 0 Å². The largest absolute Gasteiger partial charge is 0.392 e. The molecule has 0 unspecified atom stereocenters. The van der Waals surface area contributed by atoms with Gasteiger partial charge in [-0.1, -0.05) is 18.6 Å². The number of carbonyl (C=O) groups is 1. The van der Waals surface area contributed by atoms with E-state index in [-0.39, 0.29) is 10.9 Å². The highest BCUT2D eigenvalue weighted by molar-refractivity contribution is 7.80. The monoisotopic (exact) mass is 158 g/mol. The van der Waals surface area contributed by atoms with Crippen LogP contribution in [-0.2, 0) is 4.79 Å². The summed E-state index contributed by atoms with van der Waals surface area (Å²) in [7, 11) is 0. The minimum Gasteiger partial charge on any atom is -0.392 e. The maximum atomic E-state index is 10.8. The van der Waals surface area contributed by atoms with Gasteiger partial charge < -0.3 is 11.5 Å². The van der Waals surface area contributed by atoms with Gasteiger partial charge in [0.25, 0.3) is 0 Å².